The lowest BCUT2D eigenvalue weighted by Crippen LogP contribution is -2.22. The van der Waals surface area contributed by atoms with Gasteiger partial charge in [0.25, 0.3) is 0 Å². The Labute approximate surface area is 60.6 Å². The van der Waals surface area contributed by atoms with Crippen molar-refractivity contribution in [3.63, 3.8) is 0 Å². The third-order valence-corrected chi connectivity index (χ3v) is 1.98. The SMILES string of the molecule is C[C@H]1C[C@H](CO)[C@H](CO)O1. The van der Waals surface area contributed by atoms with Gasteiger partial charge in [0.15, 0.2) is 0 Å². The Kier molecular flexibility index (Phi) is 2.65. The monoisotopic (exact) mass is 146 g/mol. The second-order valence-electron chi connectivity index (χ2n) is 2.85. The minimum Gasteiger partial charge on any atom is -0.396 e. The van der Waals surface area contributed by atoms with E-state index in [1.807, 2.05) is 6.92 Å². The lowest BCUT2D eigenvalue weighted by molar-refractivity contribution is -0.00108. The van der Waals surface area contributed by atoms with E-state index in [9.17, 15) is 0 Å². The summed E-state index contributed by atoms with van der Waals surface area (Å²) >= 11 is 0. The second-order valence-corrected chi connectivity index (χ2v) is 2.85. The maximum absolute atomic E-state index is 8.79. The molecule has 0 saturated carbocycles. The van der Waals surface area contributed by atoms with Crippen LogP contribution in [-0.2, 0) is 4.74 Å². The van der Waals surface area contributed by atoms with Crippen molar-refractivity contribution in [3.8, 4) is 0 Å². The van der Waals surface area contributed by atoms with E-state index in [1.54, 1.807) is 0 Å². The van der Waals surface area contributed by atoms with Crippen LogP contribution in [0.2, 0.25) is 0 Å². The van der Waals surface area contributed by atoms with Gasteiger partial charge in [-0.05, 0) is 13.3 Å². The lowest BCUT2D eigenvalue weighted by atomic mass is 10.0. The molecule has 10 heavy (non-hydrogen) atoms. The molecular formula is C7H14O3. The van der Waals surface area contributed by atoms with Crippen LogP contribution in [0.4, 0.5) is 0 Å². The minimum atomic E-state index is -0.139. The zero-order valence-corrected chi connectivity index (χ0v) is 6.16. The summed E-state index contributed by atoms with van der Waals surface area (Å²) in [5, 5.41) is 17.5. The first-order chi connectivity index (χ1) is 4.77. The van der Waals surface area contributed by atoms with Gasteiger partial charge in [0.2, 0.25) is 0 Å². The molecule has 1 heterocycles. The van der Waals surface area contributed by atoms with Gasteiger partial charge in [0.1, 0.15) is 0 Å². The molecule has 1 rings (SSSR count). The molecule has 1 aliphatic heterocycles. The summed E-state index contributed by atoms with van der Waals surface area (Å²) in [5.74, 6) is 0.139. The number of hydrogen-bond donors (Lipinski definition) is 2. The van der Waals surface area contributed by atoms with Crippen molar-refractivity contribution in [2.24, 2.45) is 5.92 Å². The van der Waals surface area contributed by atoms with Crippen molar-refractivity contribution in [1.29, 1.82) is 0 Å². The summed E-state index contributed by atoms with van der Waals surface area (Å²) in [6.45, 7) is 2.10. The maximum atomic E-state index is 8.79. The molecular weight excluding hydrogens is 132 g/mol. The van der Waals surface area contributed by atoms with E-state index < -0.39 is 0 Å². The van der Waals surface area contributed by atoms with Gasteiger partial charge in [-0.25, -0.2) is 0 Å². The Morgan fingerprint density at radius 1 is 1.40 bits per heavy atom. The van der Waals surface area contributed by atoms with Crippen LogP contribution < -0.4 is 0 Å². The lowest BCUT2D eigenvalue weighted by Gasteiger charge is -2.12. The van der Waals surface area contributed by atoms with Gasteiger partial charge in [0.05, 0.1) is 18.8 Å². The van der Waals surface area contributed by atoms with Gasteiger partial charge in [0, 0.05) is 12.5 Å². The molecule has 0 aromatic carbocycles. The number of hydrogen-bond acceptors (Lipinski definition) is 3. The molecule has 0 amide bonds. The second kappa shape index (κ2) is 3.32. The number of ether oxygens (including phenoxy) is 1. The standard InChI is InChI=1S/C7H14O3/c1-5-2-6(3-8)7(4-9)10-5/h5-9H,2-4H2,1H3/t5-,6+,7-/m0/s1. The molecule has 3 nitrogen and oxygen atoms in total. The fraction of sp³-hybridized carbons (Fsp3) is 1.00. The summed E-state index contributed by atoms with van der Waals surface area (Å²) in [6.07, 6.45) is 0.913. The average molecular weight is 146 g/mol. The summed E-state index contributed by atoms with van der Waals surface area (Å²) < 4.78 is 5.30. The average Bonchev–Trinajstić information content (AvgIpc) is 2.30. The molecule has 1 aliphatic rings. The van der Waals surface area contributed by atoms with Gasteiger partial charge >= 0.3 is 0 Å². The first-order valence-corrected chi connectivity index (χ1v) is 3.65. The van der Waals surface area contributed by atoms with Crippen molar-refractivity contribution in [2.75, 3.05) is 13.2 Å². The maximum Gasteiger partial charge on any atom is 0.0860 e. The molecule has 0 radical (unpaired) electrons. The molecule has 0 aromatic heterocycles. The normalized spacial score (nSPS) is 40.5. The van der Waals surface area contributed by atoms with Crippen molar-refractivity contribution >= 4 is 0 Å². The van der Waals surface area contributed by atoms with Crippen molar-refractivity contribution in [2.45, 2.75) is 25.6 Å². The predicted molar refractivity (Wildman–Crippen MR) is 36.6 cm³/mol. The van der Waals surface area contributed by atoms with E-state index in [1.165, 1.54) is 0 Å². The Hall–Kier alpha value is -0.120. The summed E-state index contributed by atoms with van der Waals surface area (Å²) in [7, 11) is 0. The Balaban J connectivity index is 2.41. The van der Waals surface area contributed by atoms with Crippen LogP contribution >= 0.6 is 0 Å². The van der Waals surface area contributed by atoms with E-state index in [0.717, 1.165) is 6.42 Å². The van der Waals surface area contributed by atoms with E-state index in [-0.39, 0.29) is 31.3 Å². The molecule has 0 bridgehead atoms. The van der Waals surface area contributed by atoms with E-state index in [4.69, 9.17) is 14.9 Å². The Morgan fingerprint density at radius 2 is 2.10 bits per heavy atom. The molecule has 2 N–H and O–H groups in total. The summed E-state index contributed by atoms with van der Waals surface area (Å²) in [5.41, 5.74) is 0. The first-order valence-electron chi connectivity index (χ1n) is 3.65. The quantitative estimate of drug-likeness (QED) is 0.565. The van der Waals surface area contributed by atoms with Gasteiger partial charge in [-0.2, -0.15) is 0 Å². The zero-order chi connectivity index (χ0) is 7.56. The Morgan fingerprint density at radius 3 is 2.50 bits per heavy atom. The van der Waals surface area contributed by atoms with Crippen LogP contribution in [0.25, 0.3) is 0 Å². The van der Waals surface area contributed by atoms with Gasteiger partial charge in [-0.1, -0.05) is 0 Å². The number of aliphatic hydroxyl groups excluding tert-OH is 2. The highest BCUT2D eigenvalue weighted by Crippen LogP contribution is 2.25. The molecule has 0 unspecified atom stereocenters. The molecule has 1 fully saturated rings. The van der Waals surface area contributed by atoms with Crippen LogP contribution in [0.5, 0.6) is 0 Å². The van der Waals surface area contributed by atoms with Gasteiger partial charge in [-0.3, -0.25) is 0 Å². The van der Waals surface area contributed by atoms with E-state index in [0.29, 0.717) is 0 Å². The third-order valence-electron chi connectivity index (χ3n) is 1.98. The number of aliphatic hydroxyl groups is 2. The van der Waals surface area contributed by atoms with Gasteiger partial charge < -0.3 is 14.9 Å². The minimum absolute atomic E-state index is 0.0234. The predicted octanol–water partition coefficient (Wildman–Crippen LogP) is -0.235. The summed E-state index contributed by atoms with van der Waals surface area (Å²) in [4.78, 5) is 0. The molecule has 3 heteroatoms. The smallest absolute Gasteiger partial charge is 0.0860 e. The van der Waals surface area contributed by atoms with E-state index >= 15 is 0 Å². The molecule has 0 aromatic rings. The molecule has 1 saturated heterocycles. The molecule has 3 atom stereocenters. The largest absolute Gasteiger partial charge is 0.396 e. The van der Waals surface area contributed by atoms with Crippen LogP contribution in [0.15, 0.2) is 0 Å². The fourth-order valence-electron chi connectivity index (χ4n) is 1.43. The van der Waals surface area contributed by atoms with Crippen molar-refractivity contribution in [3.05, 3.63) is 0 Å². The Bertz CT molecular complexity index is 93.0. The highest BCUT2D eigenvalue weighted by atomic mass is 16.5. The zero-order valence-electron chi connectivity index (χ0n) is 6.16. The van der Waals surface area contributed by atoms with Crippen LogP contribution in [0, 0.1) is 5.92 Å². The van der Waals surface area contributed by atoms with Crippen LogP contribution in [0.1, 0.15) is 13.3 Å². The highest BCUT2D eigenvalue weighted by Gasteiger charge is 2.31. The van der Waals surface area contributed by atoms with Crippen molar-refractivity contribution < 1.29 is 14.9 Å². The molecule has 0 aliphatic carbocycles. The highest BCUT2D eigenvalue weighted by molar-refractivity contribution is 4.78. The first kappa shape index (κ1) is 7.98. The van der Waals surface area contributed by atoms with Crippen LogP contribution in [0.3, 0.4) is 0 Å². The third kappa shape index (κ3) is 1.48. The summed E-state index contributed by atoms with van der Waals surface area (Å²) in [6, 6.07) is 0. The number of rotatable bonds is 2. The van der Waals surface area contributed by atoms with Gasteiger partial charge in [-0.15, -0.1) is 0 Å². The molecule has 60 valence electrons. The molecule has 0 spiro atoms. The van der Waals surface area contributed by atoms with E-state index in [2.05, 4.69) is 0 Å². The fourth-order valence-corrected chi connectivity index (χ4v) is 1.43. The van der Waals surface area contributed by atoms with Crippen molar-refractivity contribution in [1.82, 2.24) is 0 Å². The topological polar surface area (TPSA) is 49.7 Å². The van der Waals surface area contributed by atoms with Crippen LogP contribution in [-0.4, -0.2) is 35.6 Å².